The summed E-state index contributed by atoms with van der Waals surface area (Å²) in [7, 11) is 0. The van der Waals surface area contributed by atoms with Crippen molar-refractivity contribution in [2.24, 2.45) is 0 Å². The van der Waals surface area contributed by atoms with Gasteiger partial charge in [0.05, 0.1) is 18.4 Å². The highest BCUT2D eigenvalue weighted by atomic mass is 16.1. The molecule has 0 bridgehead atoms. The molecule has 0 amide bonds. The van der Waals surface area contributed by atoms with Crippen molar-refractivity contribution in [3.8, 4) is 0 Å². The van der Waals surface area contributed by atoms with Gasteiger partial charge in [-0.05, 0) is 32.2 Å². The highest BCUT2D eigenvalue weighted by Gasteiger charge is 2.17. The zero-order chi connectivity index (χ0) is 12.4. The summed E-state index contributed by atoms with van der Waals surface area (Å²) >= 11 is 0. The lowest BCUT2D eigenvalue weighted by Gasteiger charge is -2.18. The molecule has 2 aliphatic heterocycles. The topological polar surface area (TPSA) is 50.2 Å². The van der Waals surface area contributed by atoms with Gasteiger partial charge in [-0.25, -0.2) is 4.68 Å². The van der Waals surface area contributed by atoms with E-state index in [2.05, 4.69) is 15.3 Å². The van der Waals surface area contributed by atoms with Crippen molar-refractivity contribution in [3.05, 3.63) is 22.6 Å². The fourth-order valence-corrected chi connectivity index (χ4v) is 2.83. The van der Waals surface area contributed by atoms with Crippen LogP contribution in [0.1, 0.15) is 25.7 Å². The predicted octanol–water partition coefficient (Wildman–Crippen LogP) is 0.595. The molecule has 3 rings (SSSR count). The van der Waals surface area contributed by atoms with Crippen LogP contribution in [-0.2, 0) is 6.54 Å². The summed E-state index contributed by atoms with van der Waals surface area (Å²) in [6, 6.07) is 2.14. The minimum absolute atomic E-state index is 0.0214. The SMILES string of the molecule is O=c1cc(N2CCCC2)cnn1CC1CCCN1. The zero-order valence-electron chi connectivity index (χ0n) is 10.6. The number of rotatable bonds is 3. The van der Waals surface area contributed by atoms with Crippen LogP contribution in [0.2, 0.25) is 0 Å². The maximum absolute atomic E-state index is 12.0. The quantitative estimate of drug-likeness (QED) is 0.851. The molecule has 98 valence electrons. The Morgan fingerprint density at radius 3 is 2.83 bits per heavy atom. The molecule has 0 aromatic carbocycles. The van der Waals surface area contributed by atoms with Crippen LogP contribution < -0.4 is 15.8 Å². The third-order valence-corrected chi connectivity index (χ3v) is 3.88. The Kier molecular flexibility index (Phi) is 3.32. The Labute approximate surface area is 107 Å². The summed E-state index contributed by atoms with van der Waals surface area (Å²) in [5.74, 6) is 0. The molecule has 1 N–H and O–H groups in total. The van der Waals surface area contributed by atoms with Crippen LogP contribution in [0.25, 0.3) is 0 Å². The molecular formula is C13H20N4O. The summed E-state index contributed by atoms with van der Waals surface area (Å²) in [5.41, 5.74) is 1.00. The molecule has 3 heterocycles. The van der Waals surface area contributed by atoms with Crippen LogP contribution in [0.15, 0.2) is 17.1 Å². The molecule has 0 saturated carbocycles. The van der Waals surface area contributed by atoms with Crippen LogP contribution in [0, 0.1) is 0 Å². The monoisotopic (exact) mass is 248 g/mol. The second kappa shape index (κ2) is 5.10. The van der Waals surface area contributed by atoms with Gasteiger partial charge in [0.25, 0.3) is 5.56 Å². The molecule has 2 fully saturated rings. The van der Waals surface area contributed by atoms with E-state index in [1.165, 1.54) is 19.3 Å². The maximum Gasteiger partial charge on any atom is 0.268 e. The van der Waals surface area contributed by atoms with E-state index < -0.39 is 0 Å². The van der Waals surface area contributed by atoms with Crippen molar-refractivity contribution in [1.82, 2.24) is 15.1 Å². The van der Waals surface area contributed by atoms with Crippen LogP contribution in [0.4, 0.5) is 5.69 Å². The van der Waals surface area contributed by atoms with Crippen LogP contribution in [0.5, 0.6) is 0 Å². The average molecular weight is 248 g/mol. The average Bonchev–Trinajstić information content (AvgIpc) is 3.04. The van der Waals surface area contributed by atoms with Gasteiger partial charge in [-0.1, -0.05) is 0 Å². The van der Waals surface area contributed by atoms with Gasteiger partial charge < -0.3 is 10.2 Å². The van der Waals surface area contributed by atoms with Crippen molar-refractivity contribution in [3.63, 3.8) is 0 Å². The minimum atomic E-state index is 0.0214. The first-order valence-corrected chi connectivity index (χ1v) is 6.88. The number of aromatic nitrogens is 2. The summed E-state index contributed by atoms with van der Waals surface area (Å²) in [4.78, 5) is 14.3. The van der Waals surface area contributed by atoms with E-state index in [0.29, 0.717) is 12.6 Å². The molecule has 1 atom stereocenters. The number of anilines is 1. The van der Waals surface area contributed by atoms with Crippen molar-refractivity contribution in [2.75, 3.05) is 24.5 Å². The zero-order valence-corrected chi connectivity index (χ0v) is 10.6. The van der Waals surface area contributed by atoms with E-state index in [0.717, 1.165) is 31.7 Å². The second-order valence-corrected chi connectivity index (χ2v) is 5.22. The summed E-state index contributed by atoms with van der Waals surface area (Å²) in [6.07, 6.45) is 6.61. The first-order valence-electron chi connectivity index (χ1n) is 6.88. The van der Waals surface area contributed by atoms with Gasteiger partial charge in [0.2, 0.25) is 0 Å². The molecule has 0 spiro atoms. The first kappa shape index (κ1) is 11.7. The molecule has 2 saturated heterocycles. The highest BCUT2D eigenvalue weighted by molar-refractivity contribution is 5.43. The largest absolute Gasteiger partial charge is 0.370 e. The summed E-state index contributed by atoms with van der Waals surface area (Å²) < 4.78 is 1.59. The van der Waals surface area contributed by atoms with E-state index in [1.54, 1.807) is 10.7 Å². The van der Waals surface area contributed by atoms with E-state index in [-0.39, 0.29) is 5.56 Å². The first-order chi connectivity index (χ1) is 8.83. The van der Waals surface area contributed by atoms with Crippen molar-refractivity contribution >= 4 is 5.69 Å². The number of nitrogens with zero attached hydrogens (tertiary/aromatic N) is 3. The molecule has 0 radical (unpaired) electrons. The van der Waals surface area contributed by atoms with Crippen molar-refractivity contribution in [1.29, 1.82) is 0 Å². The van der Waals surface area contributed by atoms with Gasteiger partial charge in [0.1, 0.15) is 0 Å². The fourth-order valence-electron chi connectivity index (χ4n) is 2.83. The number of nitrogens with one attached hydrogen (secondary N) is 1. The third kappa shape index (κ3) is 2.41. The third-order valence-electron chi connectivity index (χ3n) is 3.88. The Hall–Kier alpha value is -1.36. The lowest BCUT2D eigenvalue weighted by molar-refractivity contribution is 0.459. The number of hydrogen-bond donors (Lipinski definition) is 1. The minimum Gasteiger partial charge on any atom is -0.370 e. The smallest absolute Gasteiger partial charge is 0.268 e. The Morgan fingerprint density at radius 2 is 2.17 bits per heavy atom. The summed E-state index contributed by atoms with van der Waals surface area (Å²) in [5, 5.41) is 7.70. The van der Waals surface area contributed by atoms with Crippen LogP contribution in [0.3, 0.4) is 0 Å². The Balaban J connectivity index is 1.73. The normalized spacial score (nSPS) is 23.8. The molecule has 0 aliphatic carbocycles. The lowest BCUT2D eigenvalue weighted by atomic mass is 10.2. The predicted molar refractivity (Wildman–Crippen MR) is 71.0 cm³/mol. The van der Waals surface area contributed by atoms with E-state index in [1.807, 2.05) is 6.20 Å². The number of hydrogen-bond acceptors (Lipinski definition) is 4. The molecule has 5 heteroatoms. The fraction of sp³-hybridized carbons (Fsp3) is 0.692. The van der Waals surface area contributed by atoms with E-state index in [4.69, 9.17) is 0 Å². The molecule has 5 nitrogen and oxygen atoms in total. The van der Waals surface area contributed by atoms with Gasteiger partial charge >= 0.3 is 0 Å². The highest BCUT2D eigenvalue weighted by Crippen LogP contribution is 2.17. The van der Waals surface area contributed by atoms with Gasteiger partial charge in [-0.15, -0.1) is 0 Å². The molecule has 1 aromatic heterocycles. The lowest BCUT2D eigenvalue weighted by Crippen LogP contribution is -2.34. The Morgan fingerprint density at radius 1 is 1.33 bits per heavy atom. The molecular weight excluding hydrogens is 228 g/mol. The second-order valence-electron chi connectivity index (χ2n) is 5.22. The van der Waals surface area contributed by atoms with Gasteiger partial charge in [-0.2, -0.15) is 5.10 Å². The van der Waals surface area contributed by atoms with E-state index >= 15 is 0 Å². The Bertz CT molecular complexity index is 458. The molecule has 1 aromatic rings. The van der Waals surface area contributed by atoms with Crippen molar-refractivity contribution < 1.29 is 0 Å². The van der Waals surface area contributed by atoms with Gasteiger partial charge in [0, 0.05) is 25.2 Å². The molecule has 2 aliphatic rings. The maximum atomic E-state index is 12.0. The standard InChI is InChI=1S/C13H20N4O/c18-13-8-12(16-6-1-2-7-16)9-15-17(13)10-11-4-3-5-14-11/h8-9,11,14H,1-7,10H2. The summed E-state index contributed by atoms with van der Waals surface area (Å²) in [6.45, 7) is 3.86. The van der Waals surface area contributed by atoms with Gasteiger partial charge in [0.15, 0.2) is 0 Å². The van der Waals surface area contributed by atoms with E-state index in [9.17, 15) is 4.79 Å². The van der Waals surface area contributed by atoms with Crippen LogP contribution >= 0.6 is 0 Å². The van der Waals surface area contributed by atoms with Gasteiger partial charge in [-0.3, -0.25) is 4.79 Å². The molecule has 1 unspecified atom stereocenters. The van der Waals surface area contributed by atoms with Crippen molar-refractivity contribution in [2.45, 2.75) is 38.3 Å². The molecule has 18 heavy (non-hydrogen) atoms. The van der Waals surface area contributed by atoms with Crippen LogP contribution in [-0.4, -0.2) is 35.5 Å².